The number of hydrogen-bond donors (Lipinski definition) is 1. The second kappa shape index (κ2) is 4.94. The molecule has 20 heavy (non-hydrogen) atoms. The molecule has 1 aromatic heterocycles. The van der Waals surface area contributed by atoms with Crippen LogP contribution in [-0.2, 0) is 6.61 Å². The Hall–Kier alpha value is -1.82. The van der Waals surface area contributed by atoms with E-state index >= 15 is 0 Å². The van der Waals surface area contributed by atoms with E-state index in [1.165, 1.54) is 23.5 Å². The molecule has 106 valence electrons. The average molecular weight is 293 g/mol. The molecule has 0 bridgehead atoms. The van der Waals surface area contributed by atoms with Crippen LogP contribution in [-0.4, -0.2) is 18.1 Å². The Bertz CT molecular complexity index is 652. The van der Waals surface area contributed by atoms with Crippen molar-refractivity contribution >= 4 is 22.2 Å². The van der Waals surface area contributed by atoms with Gasteiger partial charge < -0.3 is 15.4 Å². The highest BCUT2D eigenvalue weighted by Gasteiger charge is 2.26. The highest BCUT2D eigenvalue weighted by atomic mass is 32.1. The first-order valence-electron chi connectivity index (χ1n) is 6.60. The van der Waals surface area contributed by atoms with Gasteiger partial charge in [0.2, 0.25) is 0 Å². The van der Waals surface area contributed by atoms with Crippen molar-refractivity contribution in [3.8, 4) is 17.0 Å². The molecule has 4 nitrogen and oxygen atoms in total. The van der Waals surface area contributed by atoms with Crippen LogP contribution in [0.4, 0.5) is 15.2 Å². The first kappa shape index (κ1) is 13.2. The molecule has 2 heterocycles. The highest BCUT2D eigenvalue weighted by molar-refractivity contribution is 7.15. The molecule has 0 amide bonds. The van der Waals surface area contributed by atoms with E-state index in [-0.39, 0.29) is 5.82 Å². The molecule has 6 heteroatoms. The fourth-order valence-corrected chi connectivity index (χ4v) is 3.28. The molecule has 0 radical (unpaired) electrons. The molecule has 0 fully saturated rings. The van der Waals surface area contributed by atoms with Crippen LogP contribution in [0.25, 0.3) is 11.3 Å². The zero-order valence-electron chi connectivity index (χ0n) is 11.4. The van der Waals surface area contributed by atoms with Gasteiger partial charge in [0.25, 0.3) is 0 Å². The Kier molecular flexibility index (Phi) is 3.25. The lowest BCUT2D eigenvalue weighted by Crippen LogP contribution is -2.23. The maximum Gasteiger partial charge on any atom is 0.180 e. The summed E-state index contributed by atoms with van der Waals surface area (Å²) in [5.41, 5.74) is 7.98. The van der Waals surface area contributed by atoms with Crippen LogP contribution in [0.5, 0.6) is 5.75 Å². The minimum Gasteiger partial charge on any atom is -0.485 e. The normalized spacial score (nSPS) is 12.6. The number of nitrogen functional groups attached to an aromatic ring is 1. The summed E-state index contributed by atoms with van der Waals surface area (Å²) in [6, 6.07) is 2.99. The predicted octanol–water partition coefficient (Wildman–Crippen LogP) is 3.27. The summed E-state index contributed by atoms with van der Waals surface area (Å²) >= 11 is 1.39. The summed E-state index contributed by atoms with van der Waals surface area (Å²) in [7, 11) is 0. The number of thiazole rings is 1. The molecule has 0 saturated carbocycles. The van der Waals surface area contributed by atoms with Gasteiger partial charge in [-0.2, -0.15) is 0 Å². The first-order chi connectivity index (χ1) is 9.63. The number of ether oxygens (including phenoxy) is 1. The van der Waals surface area contributed by atoms with Crippen molar-refractivity contribution in [2.75, 3.05) is 23.7 Å². The molecule has 0 unspecified atom stereocenters. The van der Waals surface area contributed by atoms with Gasteiger partial charge in [-0.3, -0.25) is 0 Å². The van der Waals surface area contributed by atoms with Crippen LogP contribution in [0.2, 0.25) is 0 Å². The van der Waals surface area contributed by atoms with Crippen LogP contribution in [0, 0.1) is 5.82 Å². The molecule has 3 rings (SSSR count). The number of hydrogen-bond acceptors (Lipinski definition) is 5. The van der Waals surface area contributed by atoms with Crippen molar-refractivity contribution in [1.82, 2.24) is 4.98 Å². The van der Waals surface area contributed by atoms with Crippen molar-refractivity contribution in [3.63, 3.8) is 0 Å². The molecule has 2 N–H and O–H groups in total. The smallest absolute Gasteiger partial charge is 0.180 e. The fraction of sp³-hybridized carbons (Fsp3) is 0.357. The zero-order chi connectivity index (χ0) is 14.3. The largest absolute Gasteiger partial charge is 0.485 e. The van der Waals surface area contributed by atoms with E-state index < -0.39 is 0 Å². The molecule has 0 atom stereocenters. The third kappa shape index (κ3) is 2.00. The molecule has 1 aliphatic rings. The molecular formula is C14H16FN3OS. The lowest BCUT2D eigenvalue weighted by Gasteiger charge is -2.27. The van der Waals surface area contributed by atoms with E-state index in [0.717, 1.165) is 29.3 Å². The third-order valence-corrected chi connectivity index (χ3v) is 4.31. The quantitative estimate of drug-likeness (QED) is 0.943. The standard InChI is InChI=1S/C14H16FN3OS/c1-3-18(4-2)10-6-8(15)5-9-12-11(7-19-13(9)10)20-14(16)17-12/h5-6H,3-4,7H2,1-2H3,(H2,16,17). The van der Waals surface area contributed by atoms with E-state index in [4.69, 9.17) is 10.5 Å². The Balaban J connectivity index is 2.20. The van der Waals surface area contributed by atoms with E-state index in [0.29, 0.717) is 23.1 Å². The van der Waals surface area contributed by atoms with Crippen LogP contribution in [0.3, 0.4) is 0 Å². The number of nitrogens with two attached hydrogens (primary N) is 1. The summed E-state index contributed by atoms with van der Waals surface area (Å²) in [5, 5.41) is 0.486. The molecule has 1 aliphatic heterocycles. The maximum absolute atomic E-state index is 14.0. The molecular weight excluding hydrogens is 277 g/mol. The number of aromatic nitrogens is 1. The minimum atomic E-state index is -0.284. The summed E-state index contributed by atoms with van der Waals surface area (Å²) in [6.07, 6.45) is 0. The third-order valence-electron chi connectivity index (χ3n) is 3.45. The van der Waals surface area contributed by atoms with Gasteiger partial charge in [-0.15, -0.1) is 0 Å². The summed E-state index contributed by atoms with van der Waals surface area (Å²) in [5.74, 6) is 0.418. The highest BCUT2D eigenvalue weighted by Crippen LogP contribution is 2.45. The number of anilines is 2. The van der Waals surface area contributed by atoms with Crippen molar-refractivity contribution in [2.45, 2.75) is 20.5 Å². The number of rotatable bonds is 3. The lowest BCUT2D eigenvalue weighted by atomic mass is 10.1. The minimum absolute atomic E-state index is 0.284. The summed E-state index contributed by atoms with van der Waals surface area (Å²) in [6.45, 7) is 6.10. The number of fused-ring (bicyclic) bond motifs is 3. The lowest BCUT2D eigenvalue weighted by molar-refractivity contribution is 0.305. The second-order valence-electron chi connectivity index (χ2n) is 4.59. The fourth-order valence-electron chi connectivity index (χ4n) is 2.52. The maximum atomic E-state index is 14.0. The number of halogens is 1. The first-order valence-corrected chi connectivity index (χ1v) is 7.42. The average Bonchev–Trinajstić information content (AvgIpc) is 2.81. The van der Waals surface area contributed by atoms with Crippen molar-refractivity contribution in [2.24, 2.45) is 0 Å². The SMILES string of the molecule is CCN(CC)c1cc(F)cc2c1OCc1sc(N)nc1-2. The van der Waals surface area contributed by atoms with Gasteiger partial charge in [-0.1, -0.05) is 11.3 Å². The number of nitrogens with zero attached hydrogens (tertiary/aromatic N) is 2. The van der Waals surface area contributed by atoms with Gasteiger partial charge >= 0.3 is 0 Å². The van der Waals surface area contributed by atoms with Crippen LogP contribution < -0.4 is 15.4 Å². The van der Waals surface area contributed by atoms with Gasteiger partial charge in [-0.05, 0) is 19.9 Å². The van der Waals surface area contributed by atoms with Crippen LogP contribution in [0.15, 0.2) is 12.1 Å². The molecule has 0 aliphatic carbocycles. The van der Waals surface area contributed by atoms with Gasteiger partial charge in [0.1, 0.15) is 12.4 Å². The Morgan fingerprint density at radius 3 is 2.85 bits per heavy atom. The van der Waals surface area contributed by atoms with E-state index in [1.54, 1.807) is 0 Å². The van der Waals surface area contributed by atoms with Crippen molar-refractivity contribution in [1.29, 1.82) is 0 Å². The Labute approximate surface area is 121 Å². The van der Waals surface area contributed by atoms with Gasteiger partial charge in [-0.25, -0.2) is 9.37 Å². The van der Waals surface area contributed by atoms with Gasteiger partial charge in [0.15, 0.2) is 10.9 Å². The second-order valence-corrected chi connectivity index (χ2v) is 5.70. The monoisotopic (exact) mass is 293 g/mol. The number of benzene rings is 1. The van der Waals surface area contributed by atoms with Gasteiger partial charge in [0.05, 0.1) is 16.3 Å². The van der Waals surface area contributed by atoms with E-state index in [1.807, 2.05) is 13.8 Å². The topological polar surface area (TPSA) is 51.4 Å². The van der Waals surface area contributed by atoms with Crippen LogP contribution in [0.1, 0.15) is 18.7 Å². The summed E-state index contributed by atoms with van der Waals surface area (Å²) in [4.78, 5) is 7.34. The molecule has 0 saturated heterocycles. The Morgan fingerprint density at radius 2 is 2.15 bits per heavy atom. The molecule has 1 aromatic carbocycles. The zero-order valence-corrected chi connectivity index (χ0v) is 12.3. The molecule has 2 aromatic rings. The van der Waals surface area contributed by atoms with Gasteiger partial charge in [0, 0.05) is 24.7 Å². The molecule has 0 spiro atoms. The van der Waals surface area contributed by atoms with E-state index in [9.17, 15) is 4.39 Å². The van der Waals surface area contributed by atoms with Crippen molar-refractivity contribution in [3.05, 3.63) is 22.8 Å². The van der Waals surface area contributed by atoms with Crippen molar-refractivity contribution < 1.29 is 9.13 Å². The predicted molar refractivity (Wildman–Crippen MR) is 79.8 cm³/mol. The Morgan fingerprint density at radius 1 is 1.40 bits per heavy atom. The summed E-state index contributed by atoms with van der Waals surface area (Å²) < 4.78 is 19.8. The van der Waals surface area contributed by atoms with E-state index in [2.05, 4.69) is 9.88 Å². The van der Waals surface area contributed by atoms with Crippen LogP contribution >= 0.6 is 11.3 Å².